The van der Waals surface area contributed by atoms with E-state index in [2.05, 4.69) is 121 Å². The molecular weight excluding hydrogens is 845 g/mol. The van der Waals surface area contributed by atoms with Crippen molar-refractivity contribution >= 4 is 0 Å². The van der Waals surface area contributed by atoms with Crippen LogP contribution in [0.25, 0.3) is 0 Å². The third-order valence-corrected chi connectivity index (χ3v) is 12.9. The van der Waals surface area contributed by atoms with Crippen molar-refractivity contribution in [3.8, 4) is 0 Å². The highest BCUT2D eigenvalue weighted by Crippen LogP contribution is 2.17. The molecule has 14 heteroatoms. The maximum Gasteiger partial charge on any atom is 0.0480 e. The summed E-state index contributed by atoms with van der Waals surface area (Å²) in [4.78, 5) is 13.2. The number of likely N-dealkylation sites (N-methyl/N-ethyl adjacent to an activating group) is 1. The number of nitrogens with one attached hydrogen (secondary N) is 9. The van der Waals surface area contributed by atoms with Gasteiger partial charge >= 0.3 is 0 Å². The summed E-state index contributed by atoms with van der Waals surface area (Å²) in [5.74, 6) is 0.837. The first-order chi connectivity index (χ1) is 33.5. The molecule has 410 valence electrons. The van der Waals surface area contributed by atoms with Crippen LogP contribution < -0.4 is 47.9 Å². The van der Waals surface area contributed by atoms with E-state index in [9.17, 15) is 0 Å². The zero-order valence-corrected chi connectivity index (χ0v) is 47.1. The van der Waals surface area contributed by atoms with Gasteiger partial charge in [0, 0.05) is 138 Å². The zero-order valence-electron chi connectivity index (χ0n) is 47.1. The van der Waals surface area contributed by atoms with Crippen molar-refractivity contribution in [2.45, 2.75) is 138 Å². The summed E-state index contributed by atoms with van der Waals surface area (Å²) in [6, 6.07) is 0. The van der Waals surface area contributed by atoms with Gasteiger partial charge in [0.15, 0.2) is 0 Å². The fourth-order valence-electron chi connectivity index (χ4n) is 8.80. The Morgan fingerprint density at radius 2 is 0.691 bits per heavy atom. The van der Waals surface area contributed by atoms with E-state index in [1.807, 2.05) is 7.05 Å². The van der Waals surface area contributed by atoms with Crippen LogP contribution in [0.3, 0.4) is 0 Å². The fourth-order valence-corrected chi connectivity index (χ4v) is 8.80. The highest BCUT2D eigenvalue weighted by molar-refractivity contribution is 4.70. The van der Waals surface area contributed by atoms with Crippen LogP contribution in [0.15, 0.2) is 0 Å². The SMILES string of the molecule is C1CN1.CCCCCCC(CCNCCC)CCNCCN(CCNCCN(CCC)CCC)CCNCCN(CCCNCN(CCC)CCC)CCNCCN(CCC)CCNCCNC. The van der Waals surface area contributed by atoms with E-state index in [0.717, 1.165) is 157 Å². The molecule has 0 radical (unpaired) electrons. The van der Waals surface area contributed by atoms with Crippen LogP contribution in [-0.4, -0.2) is 235 Å². The Kier molecular flexibility index (Phi) is 55.3. The van der Waals surface area contributed by atoms with E-state index in [-0.39, 0.29) is 0 Å². The first-order valence-electron chi connectivity index (χ1n) is 29.4. The Morgan fingerprint density at radius 1 is 0.309 bits per heavy atom. The summed E-state index contributed by atoms with van der Waals surface area (Å²) in [7, 11) is 2.02. The van der Waals surface area contributed by atoms with Gasteiger partial charge in [0.05, 0.1) is 0 Å². The Morgan fingerprint density at radius 3 is 1.10 bits per heavy atom. The third kappa shape index (κ3) is 49.0. The second kappa shape index (κ2) is 55.7. The van der Waals surface area contributed by atoms with E-state index >= 15 is 0 Å². The summed E-state index contributed by atoms with van der Waals surface area (Å²) >= 11 is 0. The van der Waals surface area contributed by atoms with Crippen molar-refractivity contribution in [3.05, 3.63) is 0 Å². The molecule has 1 rings (SSSR count). The van der Waals surface area contributed by atoms with Crippen LogP contribution in [0.5, 0.6) is 0 Å². The molecule has 1 atom stereocenters. The molecule has 1 aliphatic heterocycles. The van der Waals surface area contributed by atoms with Crippen LogP contribution >= 0.6 is 0 Å². The van der Waals surface area contributed by atoms with Crippen LogP contribution in [0.2, 0.25) is 0 Å². The van der Waals surface area contributed by atoms with E-state index in [1.165, 1.54) is 142 Å². The molecule has 1 aliphatic rings. The molecule has 0 aromatic rings. The second-order valence-electron chi connectivity index (χ2n) is 19.6. The minimum Gasteiger partial charge on any atom is -0.318 e. The van der Waals surface area contributed by atoms with Gasteiger partial charge in [-0.2, -0.15) is 0 Å². The normalized spacial score (nSPS) is 13.2. The van der Waals surface area contributed by atoms with Gasteiger partial charge in [-0.15, -0.1) is 0 Å². The molecule has 1 unspecified atom stereocenters. The van der Waals surface area contributed by atoms with Gasteiger partial charge in [0.1, 0.15) is 0 Å². The molecule has 0 bridgehead atoms. The number of hydrogen-bond acceptors (Lipinski definition) is 14. The average molecular weight is 970 g/mol. The Hall–Kier alpha value is -0.560. The third-order valence-electron chi connectivity index (χ3n) is 12.9. The predicted octanol–water partition coefficient (Wildman–Crippen LogP) is 4.61. The minimum atomic E-state index is 0.837. The van der Waals surface area contributed by atoms with Crippen molar-refractivity contribution < 1.29 is 0 Å². The number of hydrogen-bond donors (Lipinski definition) is 9. The average Bonchev–Trinajstić information content (AvgIpc) is 4.23. The van der Waals surface area contributed by atoms with Crippen molar-refractivity contribution in [1.82, 2.24) is 72.4 Å². The number of rotatable bonds is 56. The van der Waals surface area contributed by atoms with Gasteiger partial charge in [0.2, 0.25) is 0 Å². The largest absolute Gasteiger partial charge is 0.318 e. The van der Waals surface area contributed by atoms with E-state index < -0.39 is 0 Å². The maximum atomic E-state index is 3.88. The predicted molar refractivity (Wildman–Crippen MR) is 302 cm³/mol. The van der Waals surface area contributed by atoms with Crippen LogP contribution in [0, 0.1) is 5.92 Å². The molecular formula is C54H124N14. The van der Waals surface area contributed by atoms with Crippen LogP contribution in [0.1, 0.15) is 138 Å². The molecule has 1 fully saturated rings. The molecule has 0 aromatic heterocycles. The standard InChI is InChI=1S/C52H119N13.C2H5N/c1-9-16-17-18-20-52(21-25-54-23-10-2)22-26-55-29-48-64(49-35-57-31-43-61(37-11-3)38-12-4)50-36-59-34-47-63(42-19-24-60-51-65(40-14-6)41-15-7)46-33-58-32-45-62(39-13-5)44-30-56-28-27-53-8;1-2-3-1/h52-60H,9-51H2,1-8H3;3H,1-2H2. The molecule has 68 heavy (non-hydrogen) atoms. The molecule has 1 saturated heterocycles. The first kappa shape index (κ1) is 67.4. The fraction of sp³-hybridized carbons (Fsp3) is 1.00. The summed E-state index contributed by atoms with van der Waals surface area (Å²) in [5.41, 5.74) is 0. The van der Waals surface area contributed by atoms with Crippen LogP contribution in [-0.2, 0) is 0 Å². The lowest BCUT2D eigenvalue weighted by Gasteiger charge is -2.26. The van der Waals surface area contributed by atoms with E-state index in [4.69, 9.17) is 0 Å². The smallest absolute Gasteiger partial charge is 0.0480 e. The highest BCUT2D eigenvalue weighted by atomic mass is 15.2. The van der Waals surface area contributed by atoms with Gasteiger partial charge in [-0.25, -0.2) is 0 Å². The molecule has 0 amide bonds. The van der Waals surface area contributed by atoms with Gasteiger partial charge < -0.3 is 62.6 Å². The Labute approximate surface area is 425 Å². The van der Waals surface area contributed by atoms with Gasteiger partial charge in [-0.1, -0.05) is 80.6 Å². The molecule has 0 saturated carbocycles. The van der Waals surface area contributed by atoms with Crippen molar-refractivity contribution in [2.24, 2.45) is 5.92 Å². The monoisotopic (exact) mass is 969 g/mol. The van der Waals surface area contributed by atoms with Crippen LogP contribution in [0.4, 0.5) is 0 Å². The second-order valence-corrected chi connectivity index (χ2v) is 19.6. The Balaban J connectivity index is 0.0000143. The minimum absolute atomic E-state index is 0.837. The first-order valence-corrected chi connectivity index (χ1v) is 29.4. The lowest BCUT2D eigenvalue weighted by Crippen LogP contribution is -2.43. The van der Waals surface area contributed by atoms with E-state index in [1.54, 1.807) is 0 Å². The summed E-state index contributed by atoms with van der Waals surface area (Å²) < 4.78 is 0. The molecule has 1 heterocycles. The molecule has 14 nitrogen and oxygen atoms in total. The quantitative estimate of drug-likeness (QED) is 0.0239. The maximum absolute atomic E-state index is 3.88. The van der Waals surface area contributed by atoms with Gasteiger partial charge in [0.25, 0.3) is 0 Å². The van der Waals surface area contributed by atoms with Crippen molar-refractivity contribution in [3.63, 3.8) is 0 Å². The molecule has 0 spiro atoms. The number of unbranched alkanes of at least 4 members (excludes halogenated alkanes) is 3. The van der Waals surface area contributed by atoms with Gasteiger partial charge in [-0.05, 0) is 136 Å². The molecule has 0 aliphatic carbocycles. The lowest BCUT2D eigenvalue weighted by atomic mass is 9.94. The number of nitrogens with zero attached hydrogens (tertiary/aromatic N) is 5. The lowest BCUT2D eigenvalue weighted by molar-refractivity contribution is 0.236. The Bertz CT molecular complexity index is 910. The summed E-state index contributed by atoms with van der Waals surface area (Å²) in [5, 5.41) is 32.6. The van der Waals surface area contributed by atoms with Gasteiger partial charge in [-0.3, -0.25) is 9.80 Å². The topological polar surface area (TPSA) is 134 Å². The summed E-state index contributed by atoms with van der Waals surface area (Å²) in [6.45, 7) is 50.7. The highest BCUT2D eigenvalue weighted by Gasteiger charge is 2.11. The summed E-state index contributed by atoms with van der Waals surface area (Å²) in [6.07, 6.45) is 18.1. The van der Waals surface area contributed by atoms with E-state index in [0.29, 0.717) is 0 Å². The zero-order chi connectivity index (χ0) is 49.6. The molecule has 0 aromatic carbocycles. The molecule has 9 N–H and O–H groups in total. The van der Waals surface area contributed by atoms with Crippen molar-refractivity contribution in [2.75, 3.05) is 210 Å². The van der Waals surface area contributed by atoms with Crippen molar-refractivity contribution in [1.29, 1.82) is 0 Å².